The molecular formula is C11H14F3NS. The summed E-state index contributed by atoms with van der Waals surface area (Å²) in [6.45, 7) is -0.567. The first-order valence-electron chi connectivity index (χ1n) is 5.42. The molecule has 1 heterocycles. The molecule has 0 spiro atoms. The Morgan fingerprint density at radius 3 is 2.75 bits per heavy atom. The molecule has 1 N–H and O–H groups in total. The molecule has 0 aliphatic heterocycles. The lowest BCUT2D eigenvalue weighted by Crippen LogP contribution is -2.28. The van der Waals surface area contributed by atoms with Gasteiger partial charge in [-0.1, -0.05) is 0 Å². The van der Waals surface area contributed by atoms with Gasteiger partial charge < -0.3 is 5.32 Å². The summed E-state index contributed by atoms with van der Waals surface area (Å²) < 4.78 is 35.9. The molecule has 0 saturated heterocycles. The van der Waals surface area contributed by atoms with Crippen LogP contribution in [0, 0.1) is 0 Å². The molecule has 90 valence electrons. The van der Waals surface area contributed by atoms with E-state index >= 15 is 0 Å². The van der Waals surface area contributed by atoms with Crippen LogP contribution in [0.4, 0.5) is 13.2 Å². The number of aryl methyl sites for hydroxylation is 1. The number of alkyl halides is 3. The van der Waals surface area contributed by atoms with Crippen LogP contribution in [0.2, 0.25) is 0 Å². The number of rotatable bonds is 3. The van der Waals surface area contributed by atoms with E-state index < -0.39 is 12.7 Å². The van der Waals surface area contributed by atoms with E-state index in [1.54, 1.807) is 11.3 Å². The summed E-state index contributed by atoms with van der Waals surface area (Å²) in [7, 11) is 0. The van der Waals surface area contributed by atoms with E-state index in [0.29, 0.717) is 6.54 Å². The third-order valence-electron chi connectivity index (χ3n) is 2.79. The number of hydrogen-bond donors (Lipinski definition) is 1. The second-order valence-corrected chi connectivity index (χ2v) is 5.05. The molecule has 0 radical (unpaired) electrons. The highest BCUT2D eigenvalue weighted by Gasteiger charge is 2.26. The smallest absolute Gasteiger partial charge is 0.305 e. The molecule has 0 aromatic carbocycles. The molecule has 2 rings (SSSR count). The Balaban J connectivity index is 1.92. The lowest BCUT2D eigenvalue weighted by molar-refractivity contribution is -0.125. The van der Waals surface area contributed by atoms with E-state index in [0.717, 1.165) is 24.8 Å². The molecule has 1 aromatic rings. The van der Waals surface area contributed by atoms with Crippen molar-refractivity contribution in [3.05, 3.63) is 21.4 Å². The van der Waals surface area contributed by atoms with Crippen LogP contribution in [0.25, 0.3) is 0 Å². The summed E-state index contributed by atoms with van der Waals surface area (Å²) in [6.07, 6.45) is 0.385. The van der Waals surface area contributed by atoms with Gasteiger partial charge in [-0.05, 0) is 42.2 Å². The average molecular weight is 249 g/mol. The molecule has 0 saturated carbocycles. The standard InChI is InChI=1S/C11H14F3NS/c12-11(13,14)7-15-5-8-6-16-10-4-2-1-3-9(8)10/h6,15H,1-5,7H2. The molecule has 0 unspecified atom stereocenters. The van der Waals surface area contributed by atoms with Crippen molar-refractivity contribution < 1.29 is 13.2 Å². The predicted octanol–water partition coefficient (Wildman–Crippen LogP) is 3.28. The number of fused-ring (bicyclic) bond motifs is 1. The van der Waals surface area contributed by atoms with Gasteiger partial charge in [0.15, 0.2) is 0 Å². The fraction of sp³-hybridized carbons (Fsp3) is 0.636. The van der Waals surface area contributed by atoms with E-state index in [2.05, 4.69) is 5.32 Å². The first-order valence-corrected chi connectivity index (χ1v) is 6.30. The van der Waals surface area contributed by atoms with Gasteiger partial charge in [0.05, 0.1) is 6.54 Å². The lowest BCUT2D eigenvalue weighted by atomic mass is 9.96. The van der Waals surface area contributed by atoms with E-state index in [1.165, 1.54) is 16.9 Å². The van der Waals surface area contributed by atoms with Gasteiger partial charge in [0.25, 0.3) is 0 Å². The zero-order valence-corrected chi connectivity index (χ0v) is 9.68. The average Bonchev–Trinajstić information content (AvgIpc) is 2.60. The van der Waals surface area contributed by atoms with E-state index in [1.807, 2.05) is 5.38 Å². The minimum atomic E-state index is -4.11. The van der Waals surface area contributed by atoms with E-state index in [4.69, 9.17) is 0 Å². The highest BCUT2D eigenvalue weighted by molar-refractivity contribution is 7.10. The van der Waals surface area contributed by atoms with Crippen LogP contribution in [-0.4, -0.2) is 12.7 Å². The first-order chi connectivity index (χ1) is 7.56. The number of thiophene rings is 1. The Morgan fingerprint density at radius 1 is 1.25 bits per heavy atom. The highest BCUT2D eigenvalue weighted by Crippen LogP contribution is 2.30. The number of nitrogens with one attached hydrogen (secondary N) is 1. The normalized spacial score (nSPS) is 16.2. The molecule has 1 aromatic heterocycles. The van der Waals surface area contributed by atoms with Gasteiger partial charge in [0.2, 0.25) is 0 Å². The summed E-state index contributed by atoms with van der Waals surface area (Å²) in [4.78, 5) is 1.37. The zero-order valence-electron chi connectivity index (χ0n) is 8.86. The predicted molar refractivity (Wildman–Crippen MR) is 58.7 cm³/mol. The molecule has 16 heavy (non-hydrogen) atoms. The Bertz CT molecular complexity index is 357. The molecule has 0 amide bonds. The second kappa shape index (κ2) is 4.75. The van der Waals surface area contributed by atoms with E-state index in [9.17, 15) is 13.2 Å². The highest BCUT2D eigenvalue weighted by atomic mass is 32.1. The Kier molecular flexibility index (Phi) is 3.54. The molecule has 1 aliphatic carbocycles. The molecule has 0 fully saturated rings. The summed E-state index contributed by atoms with van der Waals surface area (Å²) >= 11 is 1.69. The zero-order chi connectivity index (χ0) is 11.6. The molecule has 1 aliphatic rings. The van der Waals surface area contributed by atoms with Gasteiger partial charge >= 0.3 is 6.18 Å². The van der Waals surface area contributed by atoms with Crippen LogP contribution in [-0.2, 0) is 19.4 Å². The maximum absolute atomic E-state index is 12.0. The SMILES string of the molecule is FC(F)(F)CNCc1csc2c1CCCC2. The minimum absolute atomic E-state index is 0.339. The third kappa shape index (κ3) is 2.98. The fourth-order valence-corrected chi connectivity index (χ4v) is 3.20. The van der Waals surface area contributed by atoms with Gasteiger partial charge in [-0.15, -0.1) is 11.3 Å². The van der Waals surface area contributed by atoms with Gasteiger partial charge in [-0.25, -0.2) is 0 Å². The summed E-state index contributed by atoms with van der Waals surface area (Å²) in [5.41, 5.74) is 2.36. The summed E-state index contributed by atoms with van der Waals surface area (Å²) in [5, 5.41) is 4.46. The van der Waals surface area contributed by atoms with Crippen molar-refractivity contribution in [3.8, 4) is 0 Å². The molecular weight excluding hydrogens is 235 g/mol. The Hall–Kier alpha value is -0.550. The van der Waals surface area contributed by atoms with Gasteiger partial charge in [-0.2, -0.15) is 13.2 Å². The van der Waals surface area contributed by atoms with Crippen molar-refractivity contribution >= 4 is 11.3 Å². The van der Waals surface area contributed by atoms with Crippen molar-refractivity contribution in [3.63, 3.8) is 0 Å². The lowest BCUT2D eigenvalue weighted by Gasteiger charge is -2.13. The van der Waals surface area contributed by atoms with Crippen LogP contribution in [0.15, 0.2) is 5.38 Å². The van der Waals surface area contributed by atoms with Crippen LogP contribution < -0.4 is 5.32 Å². The fourth-order valence-electron chi connectivity index (χ4n) is 2.05. The molecule has 5 heteroatoms. The largest absolute Gasteiger partial charge is 0.401 e. The summed E-state index contributed by atoms with van der Waals surface area (Å²) in [5.74, 6) is 0. The van der Waals surface area contributed by atoms with Crippen molar-refractivity contribution in [2.24, 2.45) is 0 Å². The minimum Gasteiger partial charge on any atom is -0.305 e. The van der Waals surface area contributed by atoms with E-state index in [-0.39, 0.29) is 0 Å². The van der Waals surface area contributed by atoms with Crippen LogP contribution >= 0.6 is 11.3 Å². The van der Waals surface area contributed by atoms with Crippen molar-refractivity contribution in [1.29, 1.82) is 0 Å². The van der Waals surface area contributed by atoms with Crippen LogP contribution in [0.1, 0.15) is 28.8 Å². The van der Waals surface area contributed by atoms with Crippen LogP contribution in [0.5, 0.6) is 0 Å². The second-order valence-electron chi connectivity index (χ2n) is 4.09. The quantitative estimate of drug-likeness (QED) is 0.867. The van der Waals surface area contributed by atoms with Crippen molar-refractivity contribution in [2.45, 2.75) is 38.4 Å². The molecule has 0 atom stereocenters. The molecule has 1 nitrogen and oxygen atoms in total. The first kappa shape index (κ1) is 11.9. The van der Waals surface area contributed by atoms with Crippen molar-refractivity contribution in [1.82, 2.24) is 5.32 Å². The number of hydrogen-bond acceptors (Lipinski definition) is 2. The summed E-state index contributed by atoms with van der Waals surface area (Å²) in [6, 6.07) is 0. The Labute approximate surface area is 96.7 Å². The van der Waals surface area contributed by atoms with Gasteiger partial charge in [0, 0.05) is 11.4 Å². The third-order valence-corrected chi connectivity index (χ3v) is 3.93. The maximum Gasteiger partial charge on any atom is 0.401 e. The maximum atomic E-state index is 12.0. The van der Waals surface area contributed by atoms with Crippen LogP contribution in [0.3, 0.4) is 0 Å². The van der Waals surface area contributed by atoms with Gasteiger partial charge in [-0.3, -0.25) is 0 Å². The van der Waals surface area contributed by atoms with Crippen molar-refractivity contribution in [2.75, 3.05) is 6.54 Å². The Morgan fingerprint density at radius 2 is 2.00 bits per heavy atom. The molecule has 0 bridgehead atoms. The van der Waals surface area contributed by atoms with Gasteiger partial charge in [0.1, 0.15) is 0 Å². The topological polar surface area (TPSA) is 12.0 Å². The number of halogens is 3. The monoisotopic (exact) mass is 249 g/mol.